The Morgan fingerprint density at radius 1 is 1.36 bits per heavy atom. The van der Waals surface area contributed by atoms with Crippen molar-refractivity contribution in [3.8, 4) is 5.75 Å². The summed E-state index contributed by atoms with van der Waals surface area (Å²) in [4.78, 5) is 24.1. The van der Waals surface area contributed by atoms with E-state index in [4.69, 9.17) is 22.1 Å². The summed E-state index contributed by atoms with van der Waals surface area (Å²) < 4.78 is 5.40. The lowest BCUT2D eigenvalue weighted by atomic mass is 10.3. The number of nitrogens with two attached hydrogens (primary N) is 1. The summed E-state index contributed by atoms with van der Waals surface area (Å²) in [7, 11) is 3.51. The van der Waals surface area contributed by atoms with Gasteiger partial charge in [-0.1, -0.05) is 11.6 Å². The van der Waals surface area contributed by atoms with Crippen LogP contribution < -0.4 is 15.4 Å². The molecule has 10 heteroatoms. The highest BCUT2D eigenvalue weighted by atomic mass is 35.5. The van der Waals surface area contributed by atoms with Crippen molar-refractivity contribution in [1.29, 1.82) is 0 Å². The van der Waals surface area contributed by atoms with Crippen LogP contribution in [0.3, 0.4) is 0 Å². The molecular formula is C12H13ClN6O3. The van der Waals surface area contributed by atoms with Gasteiger partial charge in [0.1, 0.15) is 6.61 Å². The molecule has 2 rings (SSSR count). The first-order valence-electron chi connectivity index (χ1n) is 6.11. The van der Waals surface area contributed by atoms with Gasteiger partial charge in [0.2, 0.25) is 11.9 Å². The third-order valence-electron chi connectivity index (χ3n) is 2.56. The fourth-order valence-electron chi connectivity index (χ4n) is 1.59. The molecule has 0 radical (unpaired) electrons. The van der Waals surface area contributed by atoms with Crippen molar-refractivity contribution in [2.45, 2.75) is 6.61 Å². The number of anilines is 2. The van der Waals surface area contributed by atoms with E-state index in [1.54, 1.807) is 19.0 Å². The van der Waals surface area contributed by atoms with Crippen molar-refractivity contribution in [3.63, 3.8) is 0 Å². The topological polar surface area (TPSA) is 120 Å². The number of aromatic nitrogens is 3. The summed E-state index contributed by atoms with van der Waals surface area (Å²) in [5, 5.41) is 11.2. The average molecular weight is 325 g/mol. The predicted molar refractivity (Wildman–Crippen MR) is 81.0 cm³/mol. The van der Waals surface area contributed by atoms with E-state index in [9.17, 15) is 10.1 Å². The Hall–Kier alpha value is -2.68. The molecule has 0 aliphatic rings. The lowest BCUT2D eigenvalue weighted by Gasteiger charge is -2.12. The highest BCUT2D eigenvalue weighted by molar-refractivity contribution is 6.30. The summed E-state index contributed by atoms with van der Waals surface area (Å²) in [5.74, 6) is 0.750. The molecule has 1 aromatic carbocycles. The molecule has 0 amide bonds. The Morgan fingerprint density at radius 2 is 2.09 bits per heavy atom. The molecular weight excluding hydrogens is 312 g/mol. The van der Waals surface area contributed by atoms with Gasteiger partial charge in [-0.3, -0.25) is 10.1 Å². The van der Waals surface area contributed by atoms with E-state index in [1.807, 2.05) is 0 Å². The van der Waals surface area contributed by atoms with Gasteiger partial charge in [-0.15, -0.1) is 0 Å². The van der Waals surface area contributed by atoms with Gasteiger partial charge in [0.25, 0.3) is 0 Å². The molecule has 0 fully saturated rings. The number of benzene rings is 1. The largest absolute Gasteiger partial charge is 0.479 e. The molecule has 0 aliphatic carbocycles. The van der Waals surface area contributed by atoms with E-state index < -0.39 is 4.92 Å². The number of nitrogens with zero attached hydrogens (tertiary/aromatic N) is 5. The molecule has 1 aromatic heterocycles. The smallest absolute Gasteiger partial charge is 0.312 e. The maximum Gasteiger partial charge on any atom is 0.312 e. The second kappa shape index (κ2) is 6.39. The van der Waals surface area contributed by atoms with Crippen LogP contribution in [0.1, 0.15) is 5.82 Å². The number of hydrogen-bond donors (Lipinski definition) is 1. The highest BCUT2D eigenvalue weighted by Gasteiger charge is 2.16. The van der Waals surface area contributed by atoms with Gasteiger partial charge in [-0.2, -0.15) is 15.0 Å². The minimum Gasteiger partial charge on any atom is -0.479 e. The van der Waals surface area contributed by atoms with Crippen LogP contribution in [-0.4, -0.2) is 34.0 Å². The van der Waals surface area contributed by atoms with Crippen molar-refractivity contribution < 1.29 is 9.66 Å². The first kappa shape index (κ1) is 15.7. The highest BCUT2D eigenvalue weighted by Crippen LogP contribution is 2.30. The van der Waals surface area contributed by atoms with Gasteiger partial charge in [-0.25, -0.2) is 0 Å². The molecule has 0 bridgehead atoms. The fourth-order valence-corrected chi connectivity index (χ4v) is 1.75. The quantitative estimate of drug-likeness (QED) is 0.651. The fraction of sp³-hybridized carbons (Fsp3) is 0.250. The van der Waals surface area contributed by atoms with Crippen LogP contribution in [0.5, 0.6) is 5.75 Å². The zero-order valence-electron chi connectivity index (χ0n) is 11.9. The Morgan fingerprint density at radius 3 is 2.73 bits per heavy atom. The molecule has 0 spiro atoms. The number of halogens is 1. The second-order valence-electron chi connectivity index (χ2n) is 4.46. The van der Waals surface area contributed by atoms with E-state index in [0.717, 1.165) is 0 Å². The first-order chi connectivity index (χ1) is 10.4. The Kier molecular flexibility index (Phi) is 4.56. The lowest BCUT2D eigenvalue weighted by Crippen LogP contribution is -2.17. The van der Waals surface area contributed by atoms with Crippen LogP contribution in [0.4, 0.5) is 17.6 Å². The minimum atomic E-state index is -0.575. The summed E-state index contributed by atoms with van der Waals surface area (Å²) in [6.07, 6.45) is 0. The van der Waals surface area contributed by atoms with Crippen molar-refractivity contribution in [3.05, 3.63) is 39.2 Å². The SMILES string of the molecule is CN(C)c1nc(N)nc(COc2ccc(Cl)cc2[N+](=O)[O-])n1. The number of rotatable bonds is 5. The van der Waals surface area contributed by atoms with Gasteiger partial charge in [0.15, 0.2) is 11.6 Å². The van der Waals surface area contributed by atoms with E-state index >= 15 is 0 Å². The van der Waals surface area contributed by atoms with Gasteiger partial charge in [0.05, 0.1) is 4.92 Å². The van der Waals surface area contributed by atoms with Gasteiger partial charge in [0, 0.05) is 25.2 Å². The molecule has 2 aromatic rings. The van der Waals surface area contributed by atoms with E-state index in [-0.39, 0.29) is 34.8 Å². The van der Waals surface area contributed by atoms with Crippen molar-refractivity contribution in [2.75, 3.05) is 24.7 Å². The summed E-state index contributed by atoms with van der Waals surface area (Å²) in [6.45, 7) is -0.0873. The van der Waals surface area contributed by atoms with Crippen molar-refractivity contribution >= 4 is 29.2 Å². The van der Waals surface area contributed by atoms with E-state index in [2.05, 4.69) is 15.0 Å². The molecule has 2 N–H and O–H groups in total. The van der Waals surface area contributed by atoms with Crippen LogP contribution in [-0.2, 0) is 6.61 Å². The van der Waals surface area contributed by atoms with Crippen LogP contribution in [0.2, 0.25) is 5.02 Å². The number of ether oxygens (including phenoxy) is 1. The lowest BCUT2D eigenvalue weighted by molar-refractivity contribution is -0.385. The van der Waals surface area contributed by atoms with Gasteiger partial charge in [-0.05, 0) is 12.1 Å². The third-order valence-corrected chi connectivity index (χ3v) is 2.80. The standard InChI is InChI=1S/C12H13ClN6O3/c1-18(2)12-16-10(15-11(14)17-12)6-22-9-4-3-7(13)5-8(9)19(20)21/h3-5H,6H2,1-2H3,(H2,14,15,16,17). The van der Waals surface area contributed by atoms with Crippen molar-refractivity contribution in [1.82, 2.24) is 15.0 Å². The number of hydrogen-bond acceptors (Lipinski definition) is 8. The Labute approximate surface area is 130 Å². The number of nitrogen functional groups attached to an aromatic ring is 1. The number of nitro groups is 1. The third kappa shape index (κ3) is 3.70. The van der Waals surface area contributed by atoms with Gasteiger partial charge >= 0.3 is 5.69 Å². The minimum absolute atomic E-state index is 0.0444. The Balaban J connectivity index is 2.22. The molecule has 0 saturated carbocycles. The van der Waals surface area contributed by atoms with Crippen LogP contribution in [0.25, 0.3) is 0 Å². The number of nitro benzene ring substituents is 1. The summed E-state index contributed by atoms with van der Waals surface area (Å²) in [5.41, 5.74) is 5.36. The Bertz CT molecular complexity index is 709. The molecule has 0 unspecified atom stereocenters. The normalized spacial score (nSPS) is 10.3. The second-order valence-corrected chi connectivity index (χ2v) is 4.90. The summed E-state index contributed by atoms with van der Waals surface area (Å²) >= 11 is 5.74. The molecule has 0 atom stereocenters. The van der Waals surface area contributed by atoms with Crippen LogP contribution >= 0.6 is 11.6 Å². The maximum atomic E-state index is 11.0. The first-order valence-corrected chi connectivity index (χ1v) is 6.49. The average Bonchev–Trinajstić information content (AvgIpc) is 2.45. The van der Waals surface area contributed by atoms with Gasteiger partial charge < -0.3 is 15.4 Å². The van der Waals surface area contributed by atoms with Crippen LogP contribution in [0, 0.1) is 10.1 Å². The van der Waals surface area contributed by atoms with E-state index in [1.165, 1.54) is 18.2 Å². The molecule has 22 heavy (non-hydrogen) atoms. The monoisotopic (exact) mass is 324 g/mol. The zero-order valence-corrected chi connectivity index (χ0v) is 12.6. The molecule has 0 saturated heterocycles. The molecule has 1 heterocycles. The van der Waals surface area contributed by atoms with E-state index in [0.29, 0.717) is 5.95 Å². The molecule has 0 aliphatic heterocycles. The molecule has 116 valence electrons. The summed E-state index contributed by atoms with van der Waals surface area (Å²) in [6, 6.07) is 4.12. The molecule has 9 nitrogen and oxygen atoms in total. The zero-order chi connectivity index (χ0) is 16.3. The van der Waals surface area contributed by atoms with Crippen LogP contribution in [0.15, 0.2) is 18.2 Å². The maximum absolute atomic E-state index is 11.0. The van der Waals surface area contributed by atoms with Crippen molar-refractivity contribution in [2.24, 2.45) is 0 Å². The predicted octanol–water partition coefficient (Wildman–Crippen LogP) is 1.66.